The van der Waals surface area contributed by atoms with Gasteiger partial charge in [-0.3, -0.25) is 9.78 Å². The number of aromatic nitrogens is 1. The topological polar surface area (TPSA) is 101 Å². The van der Waals surface area contributed by atoms with E-state index in [1.165, 1.54) is 4.90 Å². The summed E-state index contributed by atoms with van der Waals surface area (Å²) in [6.45, 7) is 0.811. The fourth-order valence-electron chi connectivity index (χ4n) is 2.39. The van der Waals surface area contributed by atoms with Crippen LogP contribution in [0.15, 0.2) is 29.7 Å². The van der Waals surface area contributed by atoms with Crippen molar-refractivity contribution in [1.29, 1.82) is 0 Å². The van der Waals surface area contributed by atoms with Crippen LogP contribution < -0.4 is 10.6 Å². The SMILES string of the molecule is CN(C(=O)C1(C(N)=NO)CCOCC1)c1cccnc1. The quantitative estimate of drug-likeness (QED) is 0.364. The molecule has 0 atom stereocenters. The van der Waals surface area contributed by atoms with Crippen molar-refractivity contribution in [3.8, 4) is 0 Å². The Bertz CT molecular complexity index is 498. The van der Waals surface area contributed by atoms with E-state index in [4.69, 9.17) is 15.7 Å². The first-order valence-electron chi connectivity index (χ1n) is 6.36. The molecule has 0 aromatic carbocycles. The fourth-order valence-corrected chi connectivity index (χ4v) is 2.39. The number of carbonyl (C=O) groups excluding carboxylic acids is 1. The van der Waals surface area contributed by atoms with Crippen molar-refractivity contribution in [2.45, 2.75) is 12.8 Å². The highest BCUT2D eigenvalue weighted by Crippen LogP contribution is 2.34. The van der Waals surface area contributed by atoms with E-state index in [1.807, 2.05) is 0 Å². The maximum absolute atomic E-state index is 12.8. The molecular formula is C13H18N4O3. The molecule has 7 heteroatoms. The lowest BCUT2D eigenvalue weighted by molar-refractivity contribution is -0.128. The molecule has 1 aromatic rings. The van der Waals surface area contributed by atoms with Crippen molar-refractivity contribution in [1.82, 2.24) is 4.98 Å². The number of oxime groups is 1. The van der Waals surface area contributed by atoms with Gasteiger partial charge in [0.25, 0.3) is 0 Å². The number of nitrogens with two attached hydrogens (primary N) is 1. The predicted octanol–water partition coefficient (Wildman–Crippen LogP) is 0.588. The molecule has 2 heterocycles. The molecular weight excluding hydrogens is 260 g/mol. The second-order valence-corrected chi connectivity index (χ2v) is 4.76. The maximum Gasteiger partial charge on any atom is 0.240 e. The molecule has 108 valence electrons. The molecule has 2 rings (SSSR count). The molecule has 1 amide bonds. The normalized spacial score (nSPS) is 18.6. The first-order chi connectivity index (χ1) is 9.62. The molecule has 0 spiro atoms. The highest BCUT2D eigenvalue weighted by Gasteiger charge is 2.46. The second kappa shape index (κ2) is 5.87. The van der Waals surface area contributed by atoms with E-state index in [0.717, 1.165) is 0 Å². The fraction of sp³-hybridized carbons (Fsp3) is 0.462. The Morgan fingerprint density at radius 1 is 1.55 bits per heavy atom. The van der Waals surface area contributed by atoms with Crippen LogP contribution in [0.2, 0.25) is 0 Å². The molecule has 0 bridgehead atoms. The van der Waals surface area contributed by atoms with Crippen molar-refractivity contribution in [3.05, 3.63) is 24.5 Å². The molecule has 1 aliphatic heterocycles. The minimum absolute atomic E-state index is 0.0680. The largest absolute Gasteiger partial charge is 0.409 e. The number of amides is 1. The minimum Gasteiger partial charge on any atom is -0.409 e. The lowest BCUT2D eigenvalue weighted by Crippen LogP contribution is -2.53. The summed E-state index contributed by atoms with van der Waals surface area (Å²) >= 11 is 0. The van der Waals surface area contributed by atoms with Crippen molar-refractivity contribution in [2.75, 3.05) is 25.2 Å². The number of ether oxygens (including phenoxy) is 1. The summed E-state index contributed by atoms with van der Waals surface area (Å²) in [6.07, 6.45) is 4.02. The summed E-state index contributed by atoms with van der Waals surface area (Å²) in [7, 11) is 1.65. The van der Waals surface area contributed by atoms with E-state index in [2.05, 4.69) is 10.1 Å². The molecule has 3 N–H and O–H groups in total. The zero-order chi connectivity index (χ0) is 14.6. The molecule has 20 heavy (non-hydrogen) atoms. The number of rotatable bonds is 3. The van der Waals surface area contributed by atoms with Gasteiger partial charge in [0, 0.05) is 26.5 Å². The summed E-state index contributed by atoms with van der Waals surface area (Å²) in [5.41, 5.74) is 5.43. The third-order valence-corrected chi connectivity index (χ3v) is 3.69. The molecule has 1 aliphatic rings. The number of anilines is 1. The molecule has 0 aliphatic carbocycles. The molecule has 0 unspecified atom stereocenters. The zero-order valence-corrected chi connectivity index (χ0v) is 11.3. The van der Waals surface area contributed by atoms with E-state index >= 15 is 0 Å². The summed E-state index contributed by atoms with van der Waals surface area (Å²) < 4.78 is 5.28. The Hall–Kier alpha value is -2.15. The summed E-state index contributed by atoms with van der Waals surface area (Å²) in [4.78, 5) is 18.3. The third-order valence-electron chi connectivity index (χ3n) is 3.69. The number of hydrogen-bond acceptors (Lipinski definition) is 5. The van der Waals surface area contributed by atoms with Gasteiger partial charge >= 0.3 is 0 Å². The smallest absolute Gasteiger partial charge is 0.240 e. The number of amidine groups is 1. The van der Waals surface area contributed by atoms with Gasteiger partial charge in [-0.1, -0.05) is 5.16 Å². The van der Waals surface area contributed by atoms with E-state index in [9.17, 15) is 4.79 Å². The van der Waals surface area contributed by atoms with Gasteiger partial charge in [-0.05, 0) is 25.0 Å². The first kappa shape index (κ1) is 14.3. The van der Waals surface area contributed by atoms with Crippen molar-refractivity contribution < 1.29 is 14.7 Å². The lowest BCUT2D eigenvalue weighted by Gasteiger charge is -2.37. The maximum atomic E-state index is 12.8. The number of pyridine rings is 1. The van der Waals surface area contributed by atoms with Crippen LogP contribution in [0, 0.1) is 5.41 Å². The number of nitrogens with zero attached hydrogens (tertiary/aromatic N) is 3. The minimum atomic E-state index is -1.02. The average Bonchev–Trinajstić information content (AvgIpc) is 2.54. The van der Waals surface area contributed by atoms with Crippen LogP contribution in [0.1, 0.15) is 12.8 Å². The van der Waals surface area contributed by atoms with Gasteiger partial charge in [-0.15, -0.1) is 0 Å². The highest BCUT2D eigenvalue weighted by atomic mass is 16.5. The van der Waals surface area contributed by atoms with E-state index in [0.29, 0.717) is 31.7 Å². The molecule has 1 fully saturated rings. The van der Waals surface area contributed by atoms with Gasteiger partial charge in [0.05, 0.1) is 11.9 Å². The van der Waals surface area contributed by atoms with Crippen molar-refractivity contribution in [3.63, 3.8) is 0 Å². The zero-order valence-electron chi connectivity index (χ0n) is 11.3. The predicted molar refractivity (Wildman–Crippen MR) is 73.5 cm³/mol. The standard InChI is InChI=1S/C13H18N4O3/c1-17(10-3-2-6-15-9-10)12(18)13(11(14)16-19)4-7-20-8-5-13/h2-3,6,9,19H,4-5,7-8H2,1H3,(H2,14,16). The Kier molecular flexibility index (Phi) is 4.19. The molecule has 7 nitrogen and oxygen atoms in total. The average molecular weight is 278 g/mol. The molecule has 0 saturated carbocycles. The van der Waals surface area contributed by atoms with Crippen LogP contribution in [0.3, 0.4) is 0 Å². The van der Waals surface area contributed by atoms with E-state index in [1.54, 1.807) is 31.6 Å². The van der Waals surface area contributed by atoms with Crippen molar-refractivity contribution in [2.24, 2.45) is 16.3 Å². The number of hydrogen-bond donors (Lipinski definition) is 2. The third kappa shape index (κ3) is 2.44. The second-order valence-electron chi connectivity index (χ2n) is 4.76. The summed E-state index contributed by atoms with van der Waals surface area (Å²) in [6, 6.07) is 3.53. The summed E-state index contributed by atoms with van der Waals surface area (Å²) in [5, 5.41) is 12.0. The molecule has 1 saturated heterocycles. The Balaban J connectivity index is 2.32. The molecule has 1 aromatic heterocycles. The van der Waals surface area contributed by atoms with Crippen LogP contribution in [0.25, 0.3) is 0 Å². The lowest BCUT2D eigenvalue weighted by atomic mass is 9.77. The Labute approximate surface area is 117 Å². The number of carbonyl (C=O) groups is 1. The van der Waals surface area contributed by atoms with Crippen LogP contribution in [-0.4, -0.2) is 42.2 Å². The van der Waals surface area contributed by atoms with E-state index < -0.39 is 5.41 Å². The van der Waals surface area contributed by atoms with Crippen LogP contribution in [0.4, 0.5) is 5.69 Å². The van der Waals surface area contributed by atoms with Gasteiger partial charge < -0.3 is 20.6 Å². The van der Waals surface area contributed by atoms with Gasteiger partial charge in [0.1, 0.15) is 5.41 Å². The van der Waals surface area contributed by atoms with Gasteiger partial charge in [0.15, 0.2) is 5.84 Å². The van der Waals surface area contributed by atoms with Crippen molar-refractivity contribution >= 4 is 17.4 Å². The van der Waals surface area contributed by atoms with Gasteiger partial charge in [-0.2, -0.15) is 0 Å². The van der Waals surface area contributed by atoms with Crippen LogP contribution >= 0.6 is 0 Å². The molecule has 0 radical (unpaired) electrons. The van der Waals surface area contributed by atoms with Gasteiger partial charge in [0.2, 0.25) is 5.91 Å². The highest BCUT2D eigenvalue weighted by molar-refractivity contribution is 6.12. The van der Waals surface area contributed by atoms with Crippen LogP contribution in [0.5, 0.6) is 0 Å². The Morgan fingerprint density at radius 3 is 2.80 bits per heavy atom. The van der Waals surface area contributed by atoms with Crippen LogP contribution in [-0.2, 0) is 9.53 Å². The Morgan fingerprint density at radius 2 is 2.25 bits per heavy atom. The first-order valence-corrected chi connectivity index (χ1v) is 6.36. The monoisotopic (exact) mass is 278 g/mol. The van der Waals surface area contributed by atoms with E-state index in [-0.39, 0.29) is 11.7 Å². The van der Waals surface area contributed by atoms with Gasteiger partial charge in [-0.25, -0.2) is 0 Å². The summed E-state index contributed by atoms with van der Waals surface area (Å²) in [5.74, 6) is -0.286.